The maximum atomic E-state index is 11.2. The van der Waals surface area contributed by atoms with Crippen LogP contribution in [0.1, 0.15) is 13.3 Å². The highest BCUT2D eigenvalue weighted by Crippen LogP contribution is 2.04. The van der Waals surface area contributed by atoms with Crippen molar-refractivity contribution in [2.45, 2.75) is 13.3 Å². The Morgan fingerprint density at radius 2 is 2.31 bits per heavy atom. The smallest absolute Gasteiger partial charge is 0.372 e. The van der Waals surface area contributed by atoms with Crippen LogP contribution in [-0.4, -0.2) is 4.98 Å². The summed E-state index contributed by atoms with van der Waals surface area (Å²) in [7, 11) is 0. The summed E-state index contributed by atoms with van der Waals surface area (Å²) in [5.74, 6) is -0.371. The van der Waals surface area contributed by atoms with Crippen molar-refractivity contribution in [3.8, 4) is 0 Å². The zero-order chi connectivity index (χ0) is 9.42. The largest absolute Gasteiger partial charge is 0.419 e. The van der Waals surface area contributed by atoms with Crippen LogP contribution in [0.25, 0.3) is 12.2 Å². The molecular formula is C9H9NO3. The van der Waals surface area contributed by atoms with Crippen molar-refractivity contribution in [1.29, 1.82) is 0 Å². The molecule has 0 aromatic carbocycles. The van der Waals surface area contributed by atoms with E-state index in [9.17, 15) is 9.59 Å². The van der Waals surface area contributed by atoms with E-state index in [4.69, 9.17) is 0 Å². The van der Waals surface area contributed by atoms with Gasteiger partial charge in [-0.15, -0.1) is 0 Å². The molecule has 1 aromatic heterocycles. The minimum Gasteiger partial charge on any atom is -0.372 e. The van der Waals surface area contributed by atoms with Gasteiger partial charge in [0.15, 0.2) is 0 Å². The zero-order valence-electron chi connectivity index (χ0n) is 7.16. The van der Waals surface area contributed by atoms with Crippen LogP contribution in [0.3, 0.4) is 0 Å². The highest BCUT2D eigenvalue weighted by Gasteiger charge is 2.05. The summed E-state index contributed by atoms with van der Waals surface area (Å²) in [6.07, 6.45) is 4.50. The van der Waals surface area contributed by atoms with Gasteiger partial charge in [-0.1, -0.05) is 19.1 Å². The molecular weight excluding hydrogens is 170 g/mol. The minimum absolute atomic E-state index is 0.321. The summed E-state index contributed by atoms with van der Waals surface area (Å²) < 4.78 is 4.41. The molecule has 1 heterocycles. The Hall–Kier alpha value is -1.58. The molecule has 1 atom stereocenters. The first-order valence-corrected chi connectivity index (χ1v) is 4.12. The molecule has 0 aliphatic heterocycles. The van der Waals surface area contributed by atoms with Gasteiger partial charge in [-0.05, 0) is 12.3 Å². The van der Waals surface area contributed by atoms with Gasteiger partial charge in [0.25, 0.3) is 0 Å². The van der Waals surface area contributed by atoms with Crippen molar-refractivity contribution in [2.24, 2.45) is 5.92 Å². The molecule has 1 aliphatic carbocycles. The number of aromatic amines is 1. The van der Waals surface area contributed by atoms with Crippen LogP contribution in [0, 0.1) is 5.92 Å². The van der Waals surface area contributed by atoms with E-state index in [1.807, 2.05) is 19.1 Å². The molecule has 1 aliphatic rings. The van der Waals surface area contributed by atoms with Crippen molar-refractivity contribution in [3.63, 3.8) is 0 Å². The fourth-order valence-corrected chi connectivity index (χ4v) is 1.43. The second-order valence-electron chi connectivity index (χ2n) is 3.21. The minimum atomic E-state index is -0.692. The molecule has 0 amide bonds. The third-order valence-electron chi connectivity index (χ3n) is 2.08. The number of fused-ring (bicyclic) bond motifs is 1. The highest BCUT2D eigenvalue weighted by atomic mass is 16.4. The summed E-state index contributed by atoms with van der Waals surface area (Å²) in [4.78, 5) is 24.5. The van der Waals surface area contributed by atoms with Crippen LogP contribution >= 0.6 is 0 Å². The molecule has 0 bridgehead atoms. The lowest BCUT2D eigenvalue weighted by Gasteiger charge is -2.04. The maximum Gasteiger partial charge on any atom is 0.419 e. The van der Waals surface area contributed by atoms with E-state index < -0.39 is 11.4 Å². The molecule has 4 heteroatoms. The third kappa shape index (κ3) is 1.35. The van der Waals surface area contributed by atoms with Crippen molar-refractivity contribution in [2.75, 3.05) is 0 Å². The van der Waals surface area contributed by atoms with E-state index >= 15 is 0 Å². The average molecular weight is 179 g/mol. The maximum absolute atomic E-state index is 11.2. The molecule has 2 rings (SSSR count). The Morgan fingerprint density at radius 1 is 1.54 bits per heavy atom. The summed E-state index contributed by atoms with van der Waals surface area (Å²) in [6, 6.07) is 0. The second-order valence-corrected chi connectivity index (χ2v) is 3.21. The lowest BCUT2D eigenvalue weighted by atomic mass is 10.0. The Bertz CT molecular complexity index is 549. The number of H-pyrrole nitrogens is 1. The lowest BCUT2D eigenvalue weighted by Crippen LogP contribution is -2.46. The molecule has 0 spiro atoms. The first-order chi connectivity index (χ1) is 6.16. The molecule has 0 radical (unpaired) electrons. The quantitative estimate of drug-likeness (QED) is 0.551. The first kappa shape index (κ1) is 8.04. The van der Waals surface area contributed by atoms with Crippen LogP contribution in [0.15, 0.2) is 14.0 Å². The van der Waals surface area contributed by atoms with E-state index in [-0.39, 0.29) is 0 Å². The summed E-state index contributed by atoms with van der Waals surface area (Å²) in [5, 5.41) is 1.05. The van der Waals surface area contributed by atoms with Gasteiger partial charge < -0.3 is 4.42 Å². The molecule has 4 nitrogen and oxygen atoms in total. The summed E-state index contributed by atoms with van der Waals surface area (Å²) in [5.41, 5.74) is -0.554. The number of aromatic nitrogens is 1. The Labute approximate surface area is 73.2 Å². The van der Waals surface area contributed by atoms with Gasteiger partial charge >= 0.3 is 11.4 Å². The molecule has 68 valence electrons. The highest BCUT2D eigenvalue weighted by molar-refractivity contribution is 5.36. The fourth-order valence-electron chi connectivity index (χ4n) is 1.43. The summed E-state index contributed by atoms with van der Waals surface area (Å²) in [6.45, 7) is 2.00. The number of rotatable bonds is 0. The number of nitrogens with one attached hydrogen (secondary N) is 1. The number of hydrogen-bond acceptors (Lipinski definition) is 3. The van der Waals surface area contributed by atoms with Crippen molar-refractivity contribution >= 4 is 12.2 Å². The Kier molecular flexibility index (Phi) is 1.69. The van der Waals surface area contributed by atoms with Gasteiger partial charge in [-0.3, -0.25) is 4.98 Å². The Balaban J connectivity index is 2.97. The lowest BCUT2D eigenvalue weighted by molar-refractivity contribution is 0.438. The van der Waals surface area contributed by atoms with E-state index in [0.29, 0.717) is 16.5 Å². The monoisotopic (exact) mass is 179 g/mol. The van der Waals surface area contributed by atoms with Gasteiger partial charge in [-0.2, -0.15) is 0 Å². The fraction of sp³-hybridized carbons (Fsp3) is 0.333. The summed E-state index contributed by atoms with van der Waals surface area (Å²) >= 11 is 0. The van der Waals surface area contributed by atoms with Crippen LogP contribution in [0.2, 0.25) is 0 Å². The second kappa shape index (κ2) is 2.73. The predicted octanol–water partition coefficient (Wildman–Crippen LogP) is -1.07. The van der Waals surface area contributed by atoms with Crippen LogP contribution in [0.5, 0.6) is 0 Å². The van der Waals surface area contributed by atoms with Gasteiger partial charge in [-0.25, -0.2) is 9.59 Å². The first-order valence-electron chi connectivity index (χ1n) is 4.12. The molecule has 0 saturated carbocycles. The predicted molar refractivity (Wildman–Crippen MR) is 47.6 cm³/mol. The van der Waals surface area contributed by atoms with Gasteiger partial charge in [0, 0.05) is 0 Å². The van der Waals surface area contributed by atoms with Crippen LogP contribution in [0.4, 0.5) is 0 Å². The molecule has 1 aromatic rings. The van der Waals surface area contributed by atoms with E-state index in [0.717, 1.165) is 6.42 Å². The van der Waals surface area contributed by atoms with Gasteiger partial charge in [0.1, 0.15) is 0 Å². The van der Waals surface area contributed by atoms with E-state index in [1.165, 1.54) is 0 Å². The zero-order valence-corrected chi connectivity index (χ0v) is 7.16. The molecule has 1 N–H and O–H groups in total. The van der Waals surface area contributed by atoms with Crippen molar-refractivity contribution < 1.29 is 4.42 Å². The normalized spacial score (nSPS) is 19.9. The van der Waals surface area contributed by atoms with Crippen molar-refractivity contribution in [3.05, 3.63) is 31.5 Å². The average Bonchev–Trinajstić information content (AvgIpc) is 2.06. The molecule has 0 fully saturated rings. The van der Waals surface area contributed by atoms with E-state index in [1.54, 1.807) is 0 Å². The van der Waals surface area contributed by atoms with Gasteiger partial charge in [0.2, 0.25) is 0 Å². The van der Waals surface area contributed by atoms with Crippen LogP contribution < -0.4 is 21.9 Å². The SMILES string of the molecule is CC1C=c2c([nH]c(=O)oc2=O)=CC1. The van der Waals surface area contributed by atoms with Crippen molar-refractivity contribution in [1.82, 2.24) is 4.98 Å². The van der Waals surface area contributed by atoms with E-state index in [2.05, 4.69) is 9.40 Å². The molecule has 0 saturated heterocycles. The van der Waals surface area contributed by atoms with Crippen LogP contribution in [-0.2, 0) is 0 Å². The van der Waals surface area contributed by atoms with Gasteiger partial charge in [0.05, 0.1) is 10.6 Å². The number of hydrogen-bond donors (Lipinski definition) is 1. The topological polar surface area (TPSA) is 63.1 Å². The molecule has 13 heavy (non-hydrogen) atoms. The Morgan fingerprint density at radius 3 is 3.08 bits per heavy atom. The molecule has 1 unspecified atom stereocenters. The third-order valence-corrected chi connectivity index (χ3v) is 2.08. The standard InChI is InChI=1S/C9H9NO3/c1-5-2-3-7-6(4-5)8(11)13-9(12)10-7/h3-5H,2H2,1H3,(H,10,12).